The third kappa shape index (κ3) is 5.91. The van der Waals surface area contributed by atoms with Gasteiger partial charge in [0, 0.05) is 39.3 Å². The minimum Gasteiger partial charge on any atom is -0.365 e. The van der Waals surface area contributed by atoms with E-state index in [0.717, 1.165) is 19.3 Å². The summed E-state index contributed by atoms with van der Waals surface area (Å²) in [5, 5.41) is 6.59. The Morgan fingerprint density at radius 2 is 1.81 bits per heavy atom. The van der Waals surface area contributed by atoms with Gasteiger partial charge in [-0.05, 0) is 31.4 Å². The first-order valence-corrected chi connectivity index (χ1v) is 8.90. The van der Waals surface area contributed by atoms with E-state index in [0.29, 0.717) is 25.1 Å². The van der Waals surface area contributed by atoms with Crippen LogP contribution >= 0.6 is 24.0 Å². The third-order valence-corrected chi connectivity index (χ3v) is 4.57. The van der Waals surface area contributed by atoms with E-state index in [4.69, 9.17) is 0 Å². The molecule has 6 nitrogen and oxygen atoms in total. The number of likely N-dealkylation sites (N-methyl/N-ethyl adjacent to an activating group) is 1. The van der Waals surface area contributed by atoms with Crippen LogP contribution in [0.5, 0.6) is 0 Å². The zero-order valence-electron chi connectivity index (χ0n) is 15.5. The molecule has 1 aromatic carbocycles. The number of hydrogen-bond acceptors (Lipinski definition) is 3. The lowest BCUT2D eigenvalue weighted by molar-refractivity contribution is -0.127. The number of aliphatic imine (C=N–C) groups is 1. The average Bonchev–Trinajstić information content (AvgIpc) is 3.29. The zero-order valence-corrected chi connectivity index (χ0v) is 17.9. The first kappa shape index (κ1) is 21.6. The van der Waals surface area contributed by atoms with E-state index in [1.807, 2.05) is 0 Å². The van der Waals surface area contributed by atoms with Crippen LogP contribution in [0.4, 0.5) is 14.5 Å². The number of rotatable bonds is 5. The molecule has 9 heteroatoms. The number of amides is 1. The number of nitrogens with zero attached hydrogens (tertiary/aromatic N) is 3. The number of hydrogen-bond donors (Lipinski definition) is 2. The van der Waals surface area contributed by atoms with E-state index in [1.165, 1.54) is 23.1 Å². The van der Waals surface area contributed by atoms with Crippen LogP contribution in [0.25, 0.3) is 0 Å². The van der Waals surface area contributed by atoms with Crippen molar-refractivity contribution in [2.45, 2.75) is 31.3 Å². The van der Waals surface area contributed by atoms with Gasteiger partial charge in [0.05, 0.1) is 0 Å². The molecule has 1 saturated carbocycles. The van der Waals surface area contributed by atoms with E-state index < -0.39 is 11.6 Å². The fourth-order valence-electron chi connectivity index (χ4n) is 2.91. The van der Waals surface area contributed by atoms with Crippen molar-refractivity contribution in [3.63, 3.8) is 0 Å². The van der Waals surface area contributed by atoms with E-state index in [9.17, 15) is 13.6 Å². The van der Waals surface area contributed by atoms with Crippen molar-refractivity contribution < 1.29 is 13.6 Å². The van der Waals surface area contributed by atoms with Gasteiger partial charge in [0.25, 0.3) is 0 Å². The fraction of sp³-hybridized carbons (Fsp3) is 0.556. The summed E-state index contributed by atoms with van der Waals surface area (Å²) in [6, 6.07) is 4.30. The van der Waals surface area contributed by atoms with Crippen LogP contribution in [-0.2, 0) is 4.79 Å². The van der Waals surface area contributed by atoms with Crippen molar-refractivity contribution in [1.29, 1.82) is 0 Å². The SMILES string of the molecule is CN(C)C(=O)CN=C(NC1CC1)NC1CCN(c2c(F)cccc2F)C1.I. The fourth-order valence-corrected chi connectivity index (χ4v) is 2.91. The van der Waals surface area contributed by atoms with E-state index in [-0.39, 0.29) is 48.2 Å². The number of halogens is 3. The summed E-state index contributed by atoms with van der Waals surface area (Å²) in [4.78, 5) is 19.3. The molecule has 2 aliphatic rings. The molecule has 0 spiro atoms. The number of benzene rings is 1. The molecule has 150 valence electrons. The Balaban J connectivity index is 0.00000261. The third-order valence-electron chi connectivity index (χ3n) is 4.57. The number of guanidine groups is 1. The highest BCUT2D eigenvalue weighted by molar-refractivity contribution is 14.0. The van der Waals surface area contributed by atoms with Gasteiger partial charge in [-0.3, -0.25) is 4.79 Å². The van der Waals surface area contributed by atoms with E-state index >= 15 is 0 Å². The van der Waals surface area contributed by atoms with Crippen molar-refractivity contribution in [2.75, 3.05) is 38.6 Å². The van der Waals surface area contributed by atoms with Gasteiger partial charge in [0.15, 0.2) is 5.96 Å². The van der Waals surface area contributed by atoms with Gasteiger partial charge in [0.2, 0.25) is 5.91 Å². The second kappa shape index (κ2) is 9.52. The van der Waals surface area contributed by atoms with Gasteiger partial charge in [-0.25, -0.2) is 13.8 Å². The maximum atomic E-state index is 14.0. The molecule has 1 amide bonds. The molecule has 1 aromatic rings. The second-order valence-corrected chi connectivity index (χ2v) is 7.02. The Morgan fingerprint density at radius 1 is 1.19 bits per heavy atom. The molecule has 1 atom stereocenters. The van der Waals surface area contributed by atoms with Gasteiger partial charge in [-0.1, -0.05) is 6.07 Å². The molecule has 1 saturated heterocycles. The lowest BCUT2D eigenvalue weighted by atomic mass is 10.2. The number of carbonyl (C=O) groups is 1. The molecule has 0 aromatic heterocycles. The van der Waals surface area contributed by atoms with Gasteiger partial charge in [-0.2, -0.15) is 0 Å². The molecule has 3 rings (SSSR count). The maximum Gasteiger partial charge on any atom is 0.243 e. The second-order valence-electron chi connectivity index (χ2n) is 7.02. The van der Waals surface area contributed by atoms with E-state index in [1.54, 1.807) is 19.0 Å². The lowest BCUT2D eigenvalue weighted by Crippen LogP contribution is -2.46. The molecule has 2 N–H and O–H groups in total. The van der Waals surface area contributed by atoms with Crippen LogP contribution in [0, 0.1) is 11.6 Å². The summed E-state index contributed by atoms with van der Waals surface area (Å²) in [7, 11) is 3.38. The lowest BCUT2D eigenvalue weighted by Gasteiger charge is -2.21. The predicted molar refractivity (Wildman–Crippen MR) is 113 cm³/mol. The van der Waals surface area contributed by atoms with Crippen LogP contribution in [0.1, 0.15) is 19.3 Å². The van der Waals surface area contributed by atoms with Gasteiger partial charge in [0.1, 0.15) is 23.9 Å². The molecule has 1 heterocycles. The molecular formula is C18H26F2IN5O. The smallest absolute Gasteiger partial charge is 0.243 e. The predicted octanol–water partition coefficient (Wildman–Crippen LogP) is 1.95. The van der Waals surface area contributed by atoms with Crippen LogP contribution in [0.2, 0.25) is 0 Å². The highest BCUT2D eigenvalue weighted by Crippen LogP contribution is 2.26. The Morgan fingerprint density at radius 3 is 2.41 bits per heavy atom. The maximum absolute atomic E-state index is 14.0. The topological polar surface area (TPSA) is 60.0 Å². The number of anilines is 1. The van der Waals surface area contributed by atoms with Gasteiger partial charge < -0.3 is 20.4 Å². The normalized spacial score (nSPS) is 19.5. The van der Waals surface area contributed by atoms with Gasteiger partial charge >= 0.3 is 0 Å². The molecule has 1 aliphatic heterocycles. The monoisotopic (exact) mass is 493 g/mol. The van der Waals surface area contributed by atoms with Crippen molar-refractivity contribution >= 4 is 41.5 Å². The number of para-hydroxylation sites is 1. The molecule has 0 bridgehead atoms. The molecular weight excluding hydrogens is 467 g/mol. The Hall–Kier alpha value is -1.65. The highest BCUT2D eigenvalue weighted by atomic mass is 127. The Bertz CT molecular complexity index is 676. The highest BCUT2D eigenvalue weighted by Gasteiger charge is 2.29. The first-order chi connectivity index (χ1) is 12.4. The molecule has 1 aliphatic carbocycles. The summed E-state index contributed by atoms with van der Waals surface area (Å²) in [6.07, 6.45) is 2.90. The summed E-state index contributed by atoms with van der Waals surface area (Å²) >= 11 is 0. The largest absolute Gasteiger partial charge is 0.365 e. The Kier molecular flexibility index (Phi) is 7.63. The van der Waals surface area contributed by atoms with Crippen LogP contribution in [0.3, 0.4) is 0 Å². The molecule has 2 fully saturated rings. The molecule has 1 unspecified atom stereocenters. The standard InChI is InChI=1S/C18H25F2N5O.HI/c1-24(2)16(26)10-21-18(22-12-6-7-12)23-13-8-9-25(11-13)17-14(19)4-3-5-15(17)20;/h3-5,12-13H,6-11H2,1-2H3,(H2,21,22,23);1H. The minimum absolute atomic E-state index is 0. The molecule has 0 radical (unpaired) electrons. The van der Waals surface area contributed by atoms with Crippen LogP contribution in [-0.4, -0.2) is 62.6 Å². The molecule has 27 heavy (non-hydrogen) atoms. The zero-order chi connectivity index (χ0) is 18.7. The first-order valence-electron chi connectivity index (χ1n) is 8.90. The van der Waals surface area contributed by atoms with Crippen LogP contribution in [0.15, 0.2) is 23.2 Å². The van der Waals surface area contributed by atoms with Crippen molar-refractivity contribution in [3.8, 4) is 0 Å². The summed E-state index contributed by atoms with van der Waals surface area (Å²) in [6.45, 7) is 1.10. The van der Waals surface area contributed by atoms with Crippen LogP contribution < -0.4 is 15.5 Å². The van der Waals surface area contributed by atoms with Crippen molar-refractivity contribution in [3.05, 3.63) is 29.8 Å². The summed E-state index contributed by atoms with van der Waals surface area (Å²) in [5.74, 6) is -0.591. The van der Waals surface area contributed by atoms with Gasteiger partial charge in [-0.15, -0.1) is 24.0 Å². The average molecular weight is 493 g/mol. The summed E-state index contributed by atoms with van der Waals surface area (Å²) in [5.41, 5.74) is 0.0215. The van der Waals surface area contributed by atoms with Crippen molar-refractivity contribution in [2.24, 2.45) is 4.99 Å². The van der Waals surface area contributed by atoms with E-state index in [2.05, 4.69) is 15.6 Å². The number of nitrogens with one attached hydrogen (secondary N) is 2. The summed E-state index contributed by atoms with van der Waals surface area (Å²) < 4.78 is 28.0. The minimum atomic E-state index is -0.549. The quantitative estimate of drug-likeness (QED) is 0.374. The number of carbonyl (C=O) groups excluding carboxylic acids is 1. The van der Waals surface area contributed by atoms with Crippen molar-refractivity contribution in [1.82, 2.24) is 15.5 Å². The Labute approximate surface area is 175 Å².